The number of nitrogens with one attached hydrogen (secondary N) is 1. The number of hydrogen-bond donors (Lipinski definition) is 2. The van der Waals surface area contributed by atoms with Gasteiger partial charge in [0, 0.05) is 13.0 Å². The number of aliphatic hydroxyl groups is 1. The summed E-state index contributed by atoms with van der Waals surface area (Å²) in [4.78, 5) is 11.4. The Labute approximate surface area is 170 Å². The summed E-state index contributed by atoms with van der Waals surface area (Å²) < 4.78 is 0. The van der Waals surface area contributed by atoms with E-state index in [-0.39, 0.29) is 12.0 Å². The van der Waals surface area contributed by atoms with Crippen molar-refractivity contribution in [1.82, 2.24) is 5.32 Å². The lowest BCUT2D eigenvalue weighted by Crippen LogP contribution is -2.21. The third-order valence-electron chi connectivity index (χ3n) is 5.62. The zero-order chi connectivity index (χ0) is 20.0. The highest BCUT2D eigenvalue weighted by Gasteiger charge is 2.24. The van der Waals surface area contributed by atoms with Crippen LogP contribution in [0.1, 0.15) is 63.9 Å². The van der Waals surface area contributed by atoms with E-state index in [0.717, 1.165) is 32.1 Å². The maximum Gasteiger partial charge on any atom is 0.219 e. The normalized spacial score (nSPS) is 20.8. The Morgan fingerprint density at radius 3 is 2.86 bits per heavy atom. The molecule has 0 spiro atoms. The molecule has 0 heterocycles. The van der Waals surface area contributed by atoms with Gasteiger partial charge in [0.1, 0.15) is 0 Å². The maximum atomic E-state index is 11.4. The molecule has 154 valence electrons. The molecule has 1 saturated carbocycles. The van der Waals surface area contributed by atoms with Gasteiger partial charge in [-0.15, -0.1) is 0 Å². The minimum Gasteiger partial charge on any atom is -0.389 e. The molecular weight excluding hydrogens is 346 g/mol. The standard InChI is InChI=1S/C25H37NO2/c1-2-26-25(28)16-9-4-3-8-13-22-14-10-15-23(22)18-20-24(27)19-17-21-11-6-5-7-12-21/h3,5-8,11-12,18,20,22-24,27H,2,4,9-10,13-17,19H2,1H3,(H,26,28)/b8-3+,20-18+/t22-,23?,24?/m0/s1. The molecule has 0 aromatic heterocycles. The average Bonchev–Trinajstić information content (AvgIpc) is 3.16. The Bertz CT molecular complexity index is 608. The number of unbranched alkanes of at least 4 members (excludes halogenated alkanes) is 1. The Hall–Kier alpha value is -1.87. The van der Waals surface area contributed by atoms with Crippen LogP contribution >= 0.6 is 0 Å². The van der Waals surface area contributed by atoms with Crippen LogP contribution in [0.5, 0.6) is 0 Å². The second kappa shape index (κ2) is 13.3. The SMILES string of the molecule is CCNC(=O)CCC/C=C/C[C@H]1CCCC1/C=C/C(O)CCc1ccccc1. The number of aryl methyl sites for hydroxylation is 1. The zero-order valence-corrected chi connectivity index (χ0v) is 17.4. The van der Waals surface area contributed by atoms with Crippen molar-refractivity contribution < 1.29 is 9.90 Å². The van der Waals surface area contributed by atoms with E-state index in [1.807, 2.05) is 31.2 Å². The predicted molar refractivity (Wildman–Crippen MR) is 117 cm³/mol. The van der Waals surface area contributed by atoms with Gasteiger partial charge in [-0.1, -0.05) is 61.1 Å². The molecule has 2 rings (SSSR count). The summed E-state index contributed by atoms with van der Waals surface area (Å²) in [6, 6.07) is 10.4. The summed E-state index contributed by atoms with van der Waals surface area (Å²) in [7, 11) is 0. The molecule has 1 aromatic rings. The minimum atomic E-state index is -0.355. The molecular formula is C25H37NO2. The van der Waals surface area contributed by atoms with Crippen molar-refractivity contribution in [3.05, 3.63) is 60.2 Å². The van der Waals surface area contributed by atoms with E-state index >= 15 is 0 Å². The second-order valence-corrected chi connectivity index (χ2v) is 7.88. The molecule has 0 saturated heterocycles. The third-order valence-corrected chi connectivity index (χ3v) is 5.62. The third kappa shape index (κ3) is 8.88. The quantitative estimate of drug-likeness (QED) is 0.385. The van der Waals surface area contributed by atoms with Crippen molar-refractivity contribution >= 4 is 5.91 Å². The van der Waals surface area contributed by atoms with Gasteiger partial charge in [0.25, 0.3) is 0 Å². The van der Waals surface area contributed by atoms with Gasteiger partial charge in [0.05, 0.1) is 6.10 Å². The molecule has 3 nitrogen and oxygen atoms in total. The van der Waals surface area contributed by atoms with Crippen LogP contribution in [-0.2, 0) is 11.2 Å². The van der Waals surface area contributed by atoms with E-state index < -0.39 is 0 Å². The van der Waals surface area contributed by atoms with E-state index in [1.54, 1.807) is 0 Å². The Kier molecular flexibility index (Phi) is 10.7. The first-order chi connectivity index (χ1) is 13.7. The lowest BCUT2D eigenvalue weighted by Gasteiger charge is -2.15. The van der Waals surface area contributed by atoms with E-state index in [4.69, 9.17) is 0 Å². The van der Waals surface area contributed by atoms with Crippen molar-refractivity contribution in [2.24, 2.45) is 11.8 Å². The van der Waals surface area contributed by atoms with Crippen molar-refractivity contribution in [2.45, 2.75) is 70.8 Å². The summed E-state index contributed by atoms with van der Waals surface area (Å²) in [5.74, 6) is 1.44. The highest BCUT2D eigenvalue weighted by molar-refractivity contribution is 5.75. The molecule has 2 unspecified atom stereocenters. The van der Waals surface area contributed by atoms with Gasteiger partial charge in [-0.2, -0.15) is 0 Å². The summed E-state index contributed by atoms with van der Waals surface area (Å²) in [6.07, 6.45) is 17.6. The number of benzene rings is 1. The first-order valence-electron chi connectivity index (χ1n) is 11.0. The number of amides is 1. The van der Waals surface area contributed by atoms with Gasteiger partial charge >= 0.3 is 0 Å². The fourth-order valence-electron chi connectivity index (χ4n) is 3.99. The Morgan fingerprint density at radius 1 is 1.25 bits per heavy atom. The lowest BCUT2D eigenvalue weighted by molar-refractivity contribution is -0.121. The minimum absolute atomic E-state index is 0.155. The van der Waals surface area contributed by atoms with Crippen LogP contribution in [0.3, 0.4) is 0 Å². The van der Waals surface area contributed by atoms with Crippen LogP contribution in [0.2, 0.25) is 0 Å². The predicted octanol–water partition coefficient (Wildman–Crippen LogP) is 5.21. The average molecular weight is 384 g/mol. The molecule has 2 N–H and O–H groups in total. The van der Waals surface area contributed by atoms with Crippen molar-refractivity contribution in [3.8, 4) is 0 Å². The van der Waals surface area contributed by atoms with Gasteiger partial charge in [0.2, 0.25) is 5.91 Å². The smallest absolute Gasteiger partial charge is 0.219 e. The number of rotatable bonds is 12. The topological polar surface area (TPSA) is 49.3 Å². The number of carbonyl (C=O) groups excluding carboxylic acids is 1. The van der Waals surface area contributed by atoms with E-state index in [2.05, 4.69) is 35.7 Å². The van der Waals surface area contributed by atoms with Gasteiger partial charge in [-0.25, -0.2) is 0 Å². The molecule has 1 aliphatic rings. The molecule has 0 radical (unpaired) electrons. The van der Waals surface area contributed by atoms with Crippen molar-refractivity contribution in [2.75, 3.05) is 6.54 Å². The summed E-state index contributed by atoms with van der Waals surface area (Å²) in [5, 5.41) is 13.1. The molecule has 3 heteroatoms. The molecule has 1 fully saturated rings. The zero-order valence-electron chi connectivity index (χ0n) is 17.4. The van der Waals surface area contributed by atoms with Crippen LogP contribution in [0.25, 0.3) is 0 Å². The largest absolute Gasteiger partial charge is 0.389 e. The molecule has 1 aromatic carbocycles. The molecule has 3 atom stereocenters. The fourth-order valence-corrected chi connectivity index (χ4v) is 3.99. The first kappa shape index (κ1) is 22.4. The van der Waals surface area contributed by atoms with Crippen LogP contribution in [0.4, 0.5) is 0 Å². The maximum absolute atomic E-state index is 11.4. The van der Waals surface area contributed by atoms with E-state index in [9.17, 15) is 9.90 Å². The highest BCUT2D eigenvalue weighted by Crippen LogP contribution is 2.35. The Balaban J connectivity index is 1.65. The van der Waals surface area contributed by atoms with Crippen LogP contribution in [-0.4, -0.2) is 23.7 Å². The van der Waals surface area contributed by atoms with E-state index in [1.165, 1.54) is 24.8 Å². The molecule has 0 bridgehead atoms. The highest BCUT2D eigenvalue weighted by atomic mass is 16.3. The number of hydrogen-bond acceptors (Lipinski definition) is 2. The second-order valence-electron chi connectivity index (χ2n) is 7.88. The van der Waals surface area contributed by atoms with Crippen LogP contribution in [0.15, 0.2) is 54.6 Å². The van der Waals surface area contributed by atoms with Gasteiger partial charge in [0.15, 0.2) is 0 Å². The fraction of sp³-hybridized carbons (Fsp3) is 0.560. The monoisotopic (exact) mass is 383 g/mol. The first-order valence-corrected chi connectivity index (χ1v) is 11.0. The van der Waals surface area contributed by atoms with Crippen LogP contribution < -0.4 is 5.32 Å². The molecule has 1 amide bonds. The van der Waals surface area contributed by atoms with Gasteiger partial charge in [-0.05, 0) is 69.3 Å². The summed E-state index contributed by atoms with van der Waals surface area (Å²) in [6.45, 7) is 2.67. The summed E-state index contributed by atoms with van der Waals surface area (Å²) in [5.41, 5.74) is 1.28. The van der Waals surface area contributed by atoms with Crippen LogP contribution in [0, 0.1) is 11.8 Å². The van der Waals surface area contributed by atoms with Gasteiger partial charge < -0.3 is 10.4 Å². The molecule has 1 aliphatic carbocycles. The molecule has 28 heavy (non-hydrogen) atoms. The Morgan fingerprint density at radius 2 is 2.07 bits per heavy atom. The van der Waals surface area contributed by atoms with Gasteiger partial charge in [-0.3, -0.25) is 4.79 Å². The number of carbonyl (C=O) groups is 1. The number of allylic oxidation sites excluding steroid dienone is 3. The van der Waals surface area contributed by atoms with Crippen molar-refractivity contribution in [1.29, 1.82) is 0 Å². The molecule has 0 aliphatic heterocycles. The van der Waals surface area contributed by atoms with Crippen molar-refractivity contribution in [3.63, 3.8) is 0 Å². The number of aliphatic hydroxyl groups excluding tert-OH is 1. The lowest BCUT2D eigenvalue weighted by atomic mass is 9.91. The van der Waals surface area contributed by atoms with E-state index in [0.29, 0.717) is 24.8 Å². The summed E-state index contributed by atoms with van der Waals surface area (Å²) >= 11 is 0.